The van der Waals surface area contributed by atoms with E-state index in [-0.39, 0.29) is 0 Å². The summed E-state index contributed by atoms with van der Waals surface area (Å²) in [4.78, 5) is 0. The Morgan fingerprint density at radius 2 is 1.71 bits per heavy atom. The van der Waals surface area contributed by atoms with Gasteiger partial charge in [-0.25, -0.2) is 0 Å². The van der Waals surface area contributed by atoms with Crippen LogP contribution in [0.25, 0.3) is 0 Å². The average Bonchev–Trinajstić information content (AvgIpc) is 2.31. The number of fused-ring (bicyclic) bond motifs is 2. The third kappa shape index (κ3) is 2.96. The number of aromatic hydroxyl groups is 2. The summed E-state index contributed by atoms with van der Waals surface area (Å²) in [6.07, 6.45) is -1.65. The van der Waals surface area contributed by atoms with Crippen LogP contribution in [-0.4, -0.2) is 38.7 Å². The van der Waals surface area contributed by atoms with E-state index in [1.165, 1.54) is 0 Å². The first-order valence-electron chi connectivity index (χ1n) is 5.13. The molecular formula is C8H9NO10S2. The summed E-state index contributed by atoms with van der Waals surface area (Å²) in [6, 6.07) is 0.620. The molecule has 1 aromatic carbocycles. The summed E-state index contributed by atoms with van der Waals surface area (Å²) >= 11 is 0. The molecule has 1 aliphatic heterocycles. The first-order chi connectivity index (χ1) is 9.56. The molecule has 0 fully saturated rings. The standard InChI is InChI=1S/C8H9NO10S2/c9-2-4(11)6-5-1-3(10)7(12)8(6)18-21(15,16)19-20(13,14)17-5/h1,4,10-12H,2,9H2/t4-/m0/s1. The van der Waals surface area contributed by atoms with Gasteiger partial charge in [-0.05, 0) is 0 Å². The van der Waals surface area contributed by atoms with Crippen molar-refractivity contribution in [3.8, 4) is 23.0 Å². The largest absolute Gasteiger partial charge is 0.504 e. The fourth-order valence-corrected chi connectivity index (χ4v) is 3.32. The van der Waals surface area contributed by atoms with Gasteiger partial charge in [0.1, 0.15) is 0 Å². The third-order valence-electron chi connectivity index (χ3n) is 2.34. The van der Waals surface area contributed by atoms with Crippen molar-refractivity contribution in [2.24, 2.45) is 5.73 Å². The second-order valence-electron chi connectivity index (χ2n) is 3.79. The summed E-state index contributed by atoms with van der Waals surface area (Å²) in [6.45, 7) is -0.488. The second-order valence-corrected chi connectivity index (χ2v) is 6.30. The van der Waals surface area contributed by atoms with Gasteiger partial charge in [-0.2, -0.15) is 16.8 Å². The van der Waals surface area contributed by atoms with E-state index in [0.717, 1.165) is 0 Å². The van der Waals surface area contributed by atoms with Crippen LogP contribution in [0.1, 0.15) is 11.7 Å². The molecule has 0 saturated heterocycles. The monoisotopic (exact) mass is 343 g/mol. The van der Waals surface area contributed by atoms with E-state index < -0.39 is 62.0 Å². The van der Waals surface area contributed by atoms with Crippen LogP contribution in [0.5, 0.6) is 23.0 Å². The van der Waals surface area contributed by atoms with Crippen molar-refractivity contribution in [3.05, 3.63) is 11.6 Å². The molecule has 118 valence electrons. The molecule has 0 aromatic heterocycles. The maximum Gasteiger partial charge on any atom is 0.466 e. The molecule has 1 atom stereocenters. The van der Waals surface area contributed by atoms with Crippen molar-refractivity contribution in [3.63, 3.8) is 0 Å². The zero-order chi connectivity index (χ0) is 16.0. The number of nitrogens with two attached hydrogens (primary N) is 1. The lowest BCUT2D eigenvalue weighted by Gasteiger charge is -2.21. The van der Waals surface area contributed by atoms with Gasteiger partial charge in [-0.3, -0.25) is 0 Å². The predicted molar refractivity (Wildman–Crippen MR) is 64.0 cm³/mol. The maximum atomic E-state index is 11.4. The zero-order valence-electron chi connectivity index (χ0n) is 9.96. The molecule has 2 bridgehead atoms. The van der Waals surface area contributed by atoms with Gasteiger partial charge < -0.3 is 29.4 Å². The van der Waals surface area contributed by atoms with Gasteiger partial charge >= 0.3 is 20.8 Å². The van der Waals surface area contributed by atoms with Gasteiger partial charge in [0.15, 0.2) is 17.2 Å². The fraction of sp³-hybridized carbons (Fsp3) is 0.250. The van der Waals surface area contributed by atoms with Crippen LogP contribution in [0.2, 0.25) is 0 Å². The van der Waals surface area contributed by atoms with Crippen LogP contribution in [-0.2, 0) is 24.4 Å². The molecule has 21 heavy (non-hydrogen) atoms. The van der Waals surface area contributed by atoms with Crippen LogP contribution < -0.4 is 14.1 Å². The Bertz CT molecular complexity index is 784. The van der Waals surface area contributed by atoms with Crippen LogP contribution >= 0.6 is 0 Å². The number of hydrogen-bond acceptors (Lipinski definition) is 11. The summed E-state index contributed by atoms with van der Waals surface area (Å²) in [7, 11) is -10.3. The Kier molecular flexibility index (Phi) is 3.63. The van der Waals surface area contributed by atoms with Crippen LogP contribution in [0.15, 0.2) is 6.07 Å². The molecule has 5 N–H and O–H groups in total. The number of aliphatic hydroxyl groups excluding tert-OH is 1. The van der Waals surface area contributed by atoms with Crippen molar-refractivity contribution in [2.75, 3.05) is 6.54 Å². The van der Waals surface area contributed by atoms with Gasteiger partial charge in [0.05, 0.1) is 11.7 Å². The van der Waals surface area contributed by atoms with E-state index in [1.54, 1.807) is 0 Å². The van der Waals surface area contributed by atoms with E-state index in [4.69, 9.17) is 5.73 Å². The fourth-order valence-electron chi connectivity index (χ4n) is 1.55. The minimum absolute atomic E-state index is 0.488. The average molecular weight is 343 g/mol. The molecule has 1 aliphatic rings. The predicted octanol–water partition coefficient (Wildman–Crippen LogP) is -1.63. The van der Waals surface area contributed by atoms with Gasteiger partial charge in [0.25, 0.3) is 0 Å². The normalized spacial score (nSPS) is 20.5. The van der Waals surface area contributed by atoms with Gasteiger partial charge in [0.2, 0.25) is 5.75 Å². The number of phenols is 2. The molecule has 0 amide bonds. The Morgan fingerprint density at radius 3 is 2.29 bits per heavy atom. The molecule has 0 radical (unpaired) electrons. The van der Waals surface area contributed by atoms with E-state index in [2.05, 4.69) is 12.0 Å². The van der Waals surface area contributed by atoms with Crippen LogP contribution in [0.3, 0.4) is 0 Å². The lowest BCUT2D eigenvalue weighted by molar-refractivity contribution is 0.179. The third-order valence-corrected chi connectivity index (χ3v) is 4.42. The maximum absolute atomic E-state index is 11.4. The zero-order valence-corrected chi connectivity index (χ0v) is 11.6. The number of benzene rings is 1. The summed E-state index contributed by atoms with van der Waals surface area (Å²) < 4.78 is 57.6. The van der Waals surface area contributed by atoms with Crippen molar-refractivity contribution in [2.45, 2.75) is 6.10 Å². The highest BCUT2D eigenvalue weighted by Gasteiger charge is 2.37. The Labute approximate surface area is 118 Å². The van der Waals surface area contributed by atoms with Gasteiger partial charge in [0, 0.05) is 12.6 Å². The highest BCUT2D eigenvalue weighted by Crippen LogP contribution is 2.48. The first kappa shape index (κ1) is 15.6. The van der Waals surface area contributed by atoms with Gasteiger partial charge in [-0.1, -0.05) is 3.63 Å². The molecule has 13 heteroatoms. The van der Waals surface area contributed by atoms with E-state index >= 15 is 0 Å². The number of rotatable bonds is 2. The quantitative estimate of drug-likeness (QED) is 0.452. The Balaban J connectivity index is 2.85. The van der Waals surface area contributed by atoms with Crippen molar-refractivity contribution in [1.29, 1.82) is 0 Å². The van der Waals surface area contributed by atoms with Gasteiger partial charge in [-0.15, -0.1) is 0 Å². The topological polar surface area (TPSA) is 183 Å². The number of phenolic OH excluding ortho intramolecular Hbond substituents is 2. The molecule has 0 spiro atoms. The number of hydrogen-bond donors (Lipinski definition) is 4. The summed E-state index contributed by atoms with van der Waals surface area (Å²) in [5.74, 6) is -3.69. The first-order valence-corrected chi connectivity index (χ1v) is 7.80. The van der Waals surface area contributed by atoms with Crippen LogP contribution in [0, 0.1) is 0 Å². The van der Waals surface area contributed by atoms with Crippen molar-refractivity contribution >= 4 is 20.8 Å². The molecule has 2 rings (SSSR count). The Morgan fingerprint density at radius 1 is 1.14 bits per heavy atom. The highest BCUT2D eigenvalue weighted by atomic mass is 32.3. The Hall–Kier alpha value is -1.80. The highest BCUT2D eigenvalue weighted by molar-refractivity contribution is 7.95. The van der Waals surface area contributed by atoms with E-state index in [1.807, 2.05) is 0 Å². The van der Waals surface area contributed by atoms with Crippen molar-refractivity contribution in [1.82, 2.24) is 0 Å². The second kappa shape index (κ2) is 4.88. The summed E-state index contributed by atoms with van der Waals surface area (Å²) in [5, 5.41) is 28.8. The lowest BCUT2D eigenvalue weighted by atomic mass is 10.1. The molecule has 0 aliphatic carbocycles. The SMILES string of the molecule is NC[C@H](O)c1c2cc(O)c(O)c1OS(=O)(=O)OS(=O)(=O)O2. The van der Waals surface area contributed by atoms with E-state index in [0.29, 0.717) is 6.07 Å². The molecular weight excluding hydrogens is 334 g/mol. The lowest BCUT2D eigenvalue weighted by Crippen LogP contribution is -2.26. The molecule has 0 unspecified atom stereocenters. The molecule has 1 aromatic rings. The minimum Gasteiger partial charge on any atom is -0.504 e. The smallest absolute Gasteiger partial charge is 0.466 e. The number of aliphatic hydroxyl groups is 1. The molecule has 11 nitrogen and oxygen atoms in total. The summed E-state index contributed by atoms with van der Waals surface area (Å²) in [5.41, 5.74) is 4.62. The van der Waals surface area contributed by atoms with E-state index in [9.17, 15) is 32.2 Å². The molecule has 1 heterocycles. The van der Waals surface area contributed by atoms with Crippen molar-refractivity contribution < 1.29 is 44.2 Å². The minimum atomic E-state index is -5.19. The van der Waals surface area contributed by atoms with Crippen LogP contribution in [0.4, 0.5) is 0 Å². The molecule has 0 saturated carbocycles.